The lowest BCUT2D eigenvalue weighted by atomic mass is 10.1. The van der Waals surface area contributed by atoms with Gasteiger partial charge in [-0.05, 0) is 42.0 Å². The van der Waals surface area contributed by atoms with Crippen LogP contribution >= 0.6 is 11.6 Å². The molecule has 5 rings (SSSR count). The van der Waals surface area contributed by atoms with E-state index < -0.39 is 18.2 Å². The number of imidazole rings is 1. The molecule has 33 heavy (non-hydrogen) atoms. The van der Waals surface area contributed by atoms with Crippen LogP contribution in [0.25, 0.3) is 11.2 Å². The van der Waals surface area contributed by atoms with Crippen LogP contribution in [0.4, 0.5) is 5.82 Å². The molecule has 0 bridgehead atoms. The van der Waals surface area contributed by atoms with Gasteiger partial charge >= 0.3 is 0 Å². The number of nitrogens with one attached hydrogen (secondary N) is 1. The summed E-state index contributed by atoms with van der Waals surface area (Å²) in [5.74, 6) is 0.545. The van der Waals surface area contributed by atoms with Crippen molar-refractivity contribution in [1.82, 2.24) is 29.3 Å². The maximum Gasteiger partial charge on any atom is 0.226 e. The summed E-state index contributed by atoms with van der Waals surface area (Å²) in [7, 11) is 0. The molecule has 0 spiro atoms. The number of hydrogen-bond donors (Lipinski definition) is 3. The van der Waals surface area contributed by atoms with Gasteiger partial charge in [0.15, 0.2) is 17.0 Å². The normalized spacial score (nSPS) is 22.8. The molecule has 1 aromatic carbocycles. The van der Waals surface area contributed by atoms with E-state index in [1.165, 1.54) is 5.56 Å². The van der Waals surface area contributed by atoms with E-state index in [2.05, 4.69) is 44.4 Å². The Balaban J connectivity index is 1.39. The van der Waals surface area contributed by atoms with E-state index in [0.717, 1.165) is 18.4 Å². The van der Waals surface area contributed by atoms with Crippen LogP contribution in [0.5, 0.6) is 0 Å². The second kappa shape index (κ2) is 9.09. The van der Waals surface area contributed by atoms with Gasteiger partial charge in [0.05, 0.1) is 24.6 Å². The van der Waals surface area contributed by atoms with Crippen LogP contribution in [0.1, 0.15) is 36.6 Å². The lowest BCUT2D eigenvalue weighted by Crippen LogP contribution is -2.30. The molecular formula is C23H26ClN7O2. The number of halogens is 1. The molecule has 1 fully saturated rings. The molecule has 1 aliphatic rings. The van der Waals surface area contributed by atoms with Crippen LogP contribution in [0.2, 0.25) is 5.28 Å². The first-order chi connectivity index (χ1) is 16.0. The van der Waals surface area contributed by atoms with Gasteiger partial charge in [0.25, 0.3) is 0 Å². The molecule has 1 aliphatic carbocycles. The van der Waals surface area contributed by atoms with Crippen LogP contribution in [-0.2, 0) is 12.8 Å². The van der Waals surface area contributed by atoms with Gasteiger partial charge in [-0.25, -0.2) is 4.98 Å². The molecule has 4 aromatic rings. The molecule has 172 valence electrons. The topological polar surface area (TPSA) is 114 Å². The standard InChI is InChI=1S/C23H26ClN7O2/c1-2-14-11-27-31(12-14)17-10-16(19(32)20(17)33)30-13-26-18-21(28-23(24)29-22(18)30)25-9-8-15-6-4-3-5-7-15/h3-7,11-13,16-17,19-20,32-33H,2,8-10H2,1H3,(H,25,28,29)/t16-,17+,19+,20-/m0/s1. The van der Waals surface area contributed by atoms with E-state index in [1.54, 1.807) is 21.8 Å². The Morgan fingerprint density at radius 3 is 2.64 bits per heavy atom. The molecule has 0 aliphatic heterocycles. The lowest BCUT2D eigenvalue weighted by molar-refractivity contribution is 0.00721. The predicted octanol–water partition coefficient (Wildman–Crippen LogP) is 2.80. The number of aryl methyl sites for hydroxylation is 1. The Morgan fingerprint density at radius 2 is 1.88 bits per heavy atom. The quantitative estimate of drug-likeness (QED) is 0.358. The van der Waals surface area contributed by atoms with Crippen LogP contribution in [0, 0.1) is 0 Å². The fraction of sp³-hybridized carbons (Fsp3) is 0.391. The smallest absolute Gasteiger partial charge is 0.226 e. The fourth-order valence-corrected chi connectivity index (χ4v) is 4.66. The van der Waals surface area contributed by atoms with Crippen molar-refractivity contribution in [3.05, 3.63) is 65.5 Å². The lowest BCUT2D eigenvalue weighted by Gasteiger charge is -2.18. The average molecular weight is 468 g/mol. The highest BCUT2D eigenvalue weighted by Crippen LogP contribution is 2.40. The van der Waals surface area contributed by atoms with Gasteiger partial charge < -0.3 is 20.1 Å². The van der Waals surface area contributed by atoms with E-state index in [9.17, 15) is 10.2 Å². The third-order valence-electron chi connectivity index (χ3n) is 6.32. The van der Waals surface area contributed by atoms with Crippen molar-refractivity contribution in [2.24, 2.45) is 0 Å². The Bertz CT molecular complexity index is 1240. The summed E-state index contributed by atoms with van der Waals surface area (Å²) >= 11 is 6.23. The van der Waals surface area contributed by atoms with Crippen LogP contribution in [0.15, 0.2) is 49.1 Å². The maximum atomic E-state index is 10.9. The monoisotopic (exact) mass is 467 g/mol. The molecule has 0 unspecified atom stereocenters. The number of hydrogen-bond acceptors (Lipinski definition) is 7. The number of fused-ring (bicyclic) bond motifs is 1. The van der Waals surface area contributed by atoms with Crippen molar-refractivity contribution >= 4 is 28.6 Å². The highest BCUT2D eigenvalue weighted by molar-refractivity contribution is 6.28. The van der Waals surface area contributed by atoms with Gasteiger partial charge in [-0.15, -0.1) is 0 Å². The number of nitrogens with zero attached hydrogens (tertiary/aromatic N) is 6. The van der Waals surface area contributed by atoms with Crippen molar-refractivity contribution < 1.29 is 10.2 Å². The zero-order valence-corrected chi connectivity index (χ0v) is 19.0. The average Bonchev–Trinajstić information content (AvgIpc) is 3.53. The summed E-state index contributed by atoms with van der Waals surface area (Å²) in [5, 5.41) is 29.4. The summed E-state index contributed by atoms with van der Waals surface area (Å²) in [6, 6.07) is 9.40. The second-order valence-electron chi connectivity index (χ2n) is 8.36. The Kier molecular flexibility index (Phi) is 6.01. The van der Waals surface area contributed by atoms with Gasteiger partial charge in [-0.3, -0.25) is 4.68 Å². The molecule has 3 N–H and O–H groups in total. The molecule has 0 saturated heterocycles. The third-order valence-corrected chi connectivity index (χ3v) is 6.49. The highest BCUT2D eigenvalue weighted by Gasteiger charge is 2.44. The Labute approximate surface area is 196 Å². The SMILES string of the molecule is CCc1cnn([C@@H]2C[C@H](n3cnc4c(NCCc5ccccc5)nc(Cl)nc43)[C@@H](O)[C@H]2O)c1. The Morgan fingerprint density at radius 1 is 1.09 bits per heavy atom. The molecule has 3 aromatic heterocycles. The van der Waals surface area contributed by atoms with Crippen molar-refractivity contribution in [3.63, 3.8) is 0 Å². The van der Waals surface area contributed by atoms with Gasteiger partial charge in [0.2, 0.25) is 5.28 Å². The minimum absolute atomic E-state index is 0.0933. The number of benzene rings is 1. The molecular weight excluding hydrogens is 442 g/mol. The number of anilines is 1. The minimum Gasteiger partial charge on any atom is -0.388 e. The van der Waals surface area contributed by atoms with E-state index >= 15 is 0 Å². The van der Waals surface area contributed by atoms with Crippen molar-refractivity contribution in [1.29, 1.82) is 0 Å². The van der Waals surface area contributed by atoms with Crippen LogP contribution in [-0.4, -0.2) is 58.3 Å². The summed E-state index contributed by atoms with van der Waals surface area (Å²) in [6.07, 6.45) is 5.54. The molecule has 1 saturated carbocycles. The van der Waals surface area contributed by atoms with E-state index in [-0.39, 0.29) is 11.3 Å². The largest absolute Gasteiger partial charge is 0.388 e. The summed E-state index contributed by atoms with van der Waals surface area (Å²) in [5.41, 5.74) is 3.39. The zero-order chi connectivity index (χ0) is 22.9. The van der Waals surface area contributed by atoms with E-state index in [4.69, 9.17) is 11.6 Å². The summed E-state index contributed by atoms with van der Waals surface area (Å²) < 4.78 is 3.52. The van der Waals surface area contributed by atoms with Gasteiger partial charge in [0.1, 0.15) is 12.2 Å². The number of aliphatic hydroxyl groups is 2. The fourth-order valence-electron chi connectivity index (χ4n) is 4.49. The van der Waals surface area contributed by atoms with Crippen molar-refractivity contribution in [3.8, 4) is 0 Å². The second-order valence-corrected chi connectivity index (χ2v) is 8.70. The molecule has 3 heterocycles. The third kappa shape index (κ3) is 4.19. The van der Waals surface area contributed by atoms with Gasteiger partial charge in [0, 0.05) is 12.7 Å². The molecule has 0 amide bonds. The van der Waals surface area contributed by atoms with E-state index in [1.807, 2.05) is 24.4 Å². The highest BCUT2D eigenvalue weighted by atomic mass is 35.5. The maximum absolute atomic E-state index is 10.9. The summed E-state index contributed by atoms with van der Waals surface area (Å²) in [6.45, 7) is 2.71. The zero-order valence-electron chi connectivity index (χ0n) is 18.2. The van der Waals surface area contributed by atoms with Crippen molar-refractivity contribution in [2.75, 3.05) is 11.9 Å². The van der Waals surface area contributed by atoms with Crippen LogP contribution < -0.4 is 5.32 Å². The minimum atomic E-state index is -0.995. The molecule has 4 atom stereocenters. The molecule has 0 radical (unpaired) electrons. The number of rotatable bonds is 7. The predicted molar refractivity (Wildman–Crippen MR) is 125 cm³/mol. The van der Waals surface area contributed by atoms with Gasteiger partial charge in [-0.2, -0.15) is 15.1 Å². The summed E-state index contributed by atoms with van der Waals surface area (Å²) in [4.78, 5) is 13.2. The van der Waals surface area contributed by atoms with E-state index in [0.29, 0.717) is 29.9 Å². The van der Waals surface area contributed by atoms with Crippen molar-refractivity contribution in [2.45, 2.75) is 50.5 Å². The molecule has 9 nitrogen and oxygen atoms in total. The number of aromatic nitrogens is 6. The number of aliphatic hydroxyl groups excluding tert-OH is 2. The first-order valence-electron chi connectivity index (χ1n) is 11.1. The Hall–Kier alpha value is -3.01. The first-order valence-corrected chi connectivity index (χ1v) is 11.5. The molecule has 10 heteroatoms. The van der Waals surface area contributed by atoms with Crippen LogP contribution in [0.3, 0.4) is 0 Å². The first kappa shape index (κ1) is 21.8. The van der Waals surface area contributed by atoms with Gasteiger partial charge in [-0.1, -0.05) is 37.3 Å².